The molecule has 2 rings (SSSR count). The number of hydrogen-bond donors (Lipinski definition) is 3. The minimum atomic E-state index is -0.472. The molecule has 1 unspecified atom stereocenters. The van der Waals surface area contributed by atoms with Crippen molar-refractivity contribution < 1.29 is 0 Å². The van der Waals surface area contributed by atoms with Gasteiger partial charge in [-0.3, -0.25) is 0 Å². The minimum Gasteiger partial charge on any atom is -0.400 e. The van der Waals surface area contributed by atoms with Crippen molar-refractivity contribution in [1.29, 1.82) is 0 Å². The highest BCUT2D eigenvalue weighted by molar-refractivity contribution is 5.65. The van der Waals surface area contributed by atoms with Crippen molar-refractivity contribution >= 4 is 5.70 Å². The van der Waals surface area contributed by atoms with Gasteiger partial charge in [-0.1, -0.05) is 61.8 Å². The highest BCUT2D eigenvalue weighted by atomic mass is 15.1. The van der Waals surface area contributed by atoms with Crippen LogP contribution in [0.2, 0.25) is 0 Å². The molecule has 0 radical (unpaired) electrons. The van der Waals surface area contributed by atoms with Crippen LogP contribution in [0.4, 0.5) is 0 Å². The van der Waals surface area contributed by atoms with E-state index in [9.17, 15) is 0 Å². The number of hydrogen-bond acceptors (Lipinski definition) is 3. The van der Waals surface area contributed by atoms with Gasteiger partial charge in [0.15, 0.2) is 0 Å². The lowest BCUT2D eigenvalue weighted by Gasteiger charge is -2.18. The topological polar surface area (TPSA) is 64.1 Å². The van der Waals surface area contributed by atoms with Crippen LogP contribution in [-0.2, 0) is 0 Å². The zero-order valence-corrected chi connectivity index (χ0v) is 13.9. The molecule has 0 amide bonds. The van der Waals surface area contributed by atoms with Gasteiger partial charge in [0.1, 0.15) is 6.17 Å². The third-order valence-electron chi connectivity index (χ3n) is 3.44. The van der Waals surface area contributed by atoms with E-state index in [0.29, 0.717) is 5.70 Å². The Bertz CT molecular complexity index is 762. The van der Waals surface area contributed by atoms with Crippen molar-refractivity contribution in [3.05, 3.63) is 89.6 Å². The normalized spacial score (nSPS) is 12.0. The first-order valence-electron chi connectivity index (χ1n) is 7.94. The SMILES string of the molecule is C=C(N)C(N)N/C(=C/CC)c1ccc(C#Cc2ccccc2)cc1. The van der Waals surface area contributed by atoms with Crippen molar-refractivity contribution in [2.24, 2.45) is 11.5 Å². The molecule has 0 aromatic heterocycles. The molecule has 0 aliphatic carbocycles. The molecule has 0 fully saturated rings. The summed E-state index contributed by atoms with van der Waals surface area (Å²) in [6, 6.07) is 18.0. The Kier molecular flexibility index (Phi) is 6.24. The van der Waals surface area contributed by atoms with Gasteiger partial charge in [0.25, 0.3) is 0 Å². The summed E-state index contributed by atoms with van der Waals surface area (Å²) in [5.41, 5.74) is 15.9. The molecular weight excluding hydrogens is 294 g/mol. The fourth-order valence-electron chi connectivity index (χ4n) is 2.12. The van der Waals surface area contributed by atoms with E-state index < -0.39 is 6.17 Å². The highest BCUT2D eigenvalue weighted by Crippen LogP contribution is 2.14. The molecule has 122 valence electrons. The second-order valence-electron chi connectivity index (χ2n) is 5.42. The van der Waals surface area contributed by atoms with Gasteiger partial charge in [0.2, 0.25) is 0 Å². The Labute approximate surface area is 144 Å². The number of nitrogens with one attached hydrogen (secondary N) is 1. The zero-order valence-electron chi connectivity index (χ0n) is 13.9. The first-order valence-corrected chi connectivity index (χ1v) is 7.94. The van der Waals surface area contributed by atoms with Gasteiger partial charge in [-0.2, -0.15) is 0 Å². The van der Waals surface area contributed by atoms with Gasteiger partial charge in [0, 0.05) is 22.5 Å². The zero-order chi connectivity index (χ0) is 17.4. The quantitative estimate of drug-likeness (QED) is 0.586. The van der Waals surface area contributed by atoms with E-state index in [4.69, 9.17) is 11.5 Å². The lowest BCUT2D eigenvalue weighted by atomic mass is 10.1. The molecule has 2 aromatic rings. The van der Waals surface area contributed by atoms with Gasteiger partial charge in [-0.25, -0.2) is 0 Å². The summed E-state index contributed by atoms with van der Waals surface area (Å²) in [6.45, 7) is 5.75. The van der Waals surface area contributed by atoms with E-state index in [1.807, 2.05) is 54.6 Å². The summed E-state index contributed by atoms with van der Waals surface area (Å²) in [5.74, 6) is 6.32. The van der Waals surface area contributed by atoms with Crippen molar-refractivity contribution in [1.82, 2.24) is 5.32 Å². The van der Waals surface area contributed by atoms with Crippen molar-refractivity contribution in [2.45, 2.75) is 19.5 Å². The summed E-state index contributed by atoms with van der Waals surface area (Å²) in [5, 5.41) is 3.19. The summed E-state index contributed by atoms with van der Waals surface area (Å²) < 4.78 is 0. The van der Waals surface area contributed by atoms with Crippen LogP contribution in [0.3, 0.4) is 0 Å². The van der Waals surface area contributed by atoms with Crippen LogP contribution >= 0.6 is 0 Å². The smallest absolute Gasteiger partial charge is 0.115 e. The number of benzene rings is 2. The maximum Gasteiger partial charge on any atom is 0.115 e. The first-order chi connectivity index (χ1) is 11.6. The number of nitrogens with two attached hydrogens (primary N) is 2. The van der Waals surface area contributed by atoms with E-state index in [2.05, 4.69) is 36.7 Å². The van der Waals surface area contributed by atoms with Crippen molar-refractivity contribution in [2.75, 3.05) is 0 Å². The average Bonchev–Trinajstić information content (AvgIpc) is 2.61. The Morgan fingerprint density at radius 3 is 2.21 bits per heavy atom. The van der Waals surface area contributed by atoms with E-state index in [1.54, 1.807) is 0 Å². The van der Waals surface area contributed by atoms with Crippen molar-refractivity contribution in [3.8, 4) is 11.8 Å². The summed E-state index contributed by atoms with van der Waals surface area (Å²) in [4.78, 5) is 0. The number of rotatable bonds is 5. The second kappa shape index (κ2) is 8.61. The van der Waals surface area contributed by atoms with Gasteiger partial charge in [-0.15, -0.1) is 0 Å². The van der Waals surface area contributed by atoms with Gasteiger partial charge >= 0.3 is 0 Å². The summed E-state index contributed by atoms with van der Waals surface area (Å²) in [6.07, 6.45) is 2.50. The molecule has 0 bridgehead atoms. The first kappa shape index (κ1) is 17.4. The second-order valence-corrected chi connectivity index (χ2v) is 5.42. The predicted molar refractivity (Wildman–Crippen MR) is 102 cm³/mol. The van der Waals surface area contributed by atoms with E-state index in [1.165, 1.54) is 0 Å². The van der Waals surface area contributed by atoms with Crippen LogP contribution in [-0.4, -0.2) is 6.17 Å². The Morgan fingerprint density at radius 2 is 1.67 bits per heavy atom. The van der Waals surface area contributed by atoms with Crippen LogP contribution in [0, 0.1) is 11.8 Å². The van der Waals surface area contributed by atoms with Crippen LogP contribution in [0.25, 0.3) is 5.70 Å². The lowest BCUT2D eigenvalue weighted by Crippen LogP contribution is -2.40. The van der Waals surface area contributed by atoms with Crippen molar-refractivity contribution in [3.63, 3.8) is 0 Å². The summed E-state index contributed by atoms with van der Waals surface area (Å²) >= 11 is 0. The van der Waals surface area contributed by atoms with Crippen LogP contribution in [0.15, 0.2) is 72.9 Å². The van der Waals surface area contributed by atoms with E-state index >= 15 is 0 Å². The molecule has 0 aliphatic rings. The molecule has 0 spiro atoms. The molecular formula is C21H23N3. The molecule has 0 aliphatic heterocycles. The predicted octanol–water partition coefficient (Wildman–Crippen LogP) is 3.18. The standard InChI is InChI=1S/C21H23N3/c1-3-7-20(24-21(23)16(2)22)19-14-12-18(13-15-19)11-10-17-8-5-4-6-9-17/h4-9,12-15,21,24H,2-3,22-23H2,1H3/b20-7+. The maximum absolute atomic E-state index is 5.93. The highest BCUT2D eigenvalue weighted by Gasteiger charge is 2.07. The van der Waals surface area contributed by atoms with Crippen LogP contribution < -0.4 is 16.8 Å². The Balaban J connectivity index is 2.16. The molecule has 24 heavy (non-hydrogen) atoms. The average molecular weight is 317 g/mol. The minimum absolute atomic E-state index is 0.405. The molecule has 3 nitrogen and oxygen atoms in total. The molecule has 0 saturated carbocycles. The maximum atomic E-state index is 5.93. The van der Waals surface area contributed by atoms with Crippen LogP contribution in [0.5, 0.6) is 0 Å². The molecule has 2 aromatic carbocycles. The van der Waals surface area contributed by atoms with E-state index in [-0.39, 0.29) is 0 Å². The van der Waals surface area contributed by atoms with Crippen LogP contribution in [0.1, 0.15) is 30.0 Å². The molecule has 5 N–H and O–H groups in total. The molecule has 0 saturated heterocycles. The van der Waals surface area contributed by atoms with Gasteiger partial charge in [0.05, 0.1) is 0 Å². The largest absolute Gasteiger partial charge is 0.400 e. The summed E-state index contributed by atoms with van der Waals surface area (Å²) in [7, 11) is 0. The molecule has 0 heterocycles. The van der Waals surface area contributed by atoms with Gasteiger partial charge < -0.3 is 16.8 Å². The monoisotopic (exact) mass is 317 g/mol. The third-order valence-corrected chi connectivity index (χ3v) is 3.44. The lowest BCUT2D eigenvalue weighted by molar-refractivity contribution is 0.703. The molecule has 1 atom stereocenters. The fraction of sp³-hybridized carbons (Fsp3) is 0.143. The van der Waals surface area contributed by atoms with E-state index in [0.717, 1.165) is 28.8 Å². The van der Waals surface area contributed by atoms with Gasteiger partial charge in [-0.05, 0) is 36.2 Å². The molecule has 3 heteroatoms. The fourth-order valence-corrected chi connectivity index (χ4v) is 2.12. The number of allylic oxidation sites excluding steroid dienone is 1. The third kappa shape index (κ3) is 5.05. The Hall–Kier alpha value is -2.96. The Morgan fingerprint density at radius 1 is 1.08 bits per heavy atom.